The molecule has 126 valence electrons. The van der Waals surface area contributed by atoms with Crippen LogP contribution in [0.2, 0.25) is 0 Å². The molecule has 0 aliphatic carbocycles. The number of ether oxygens (including phenoxy) is 1. The van der Waals surface area contributed by atoms with Crippen LogP contribution in [0.4, 0.5) is 0 Å². The third-order valence-corrected chi connectivity index (χ3v) is 3.48. The first-order chi connectivity index (χ1) is 11.6. The van der Waals surface area contributed by atoms with E-state index in [1.807, 2.05) is 61.5 Å². The van der Waals surface area contributed by atoms with Crippen molar-refractivity contribution < 1.29 is 19.4 Å². The van der Waals surface area contributed by atoms with Gasteiger partial charge in [0.2, 0.25) is 5.91 Å². The highest BCUT2D eigenvalue weighted by atomic mass is 16.5. The van der Waals surface area contributed by atoms with Crippen molar-refractivity contribution in [3.05, 3.63) is 65.7 Å². The second-order valence-electron chi connectivity index (χ2n) is 5.38. The predicted molar refractivity (Wildman–Crippen MR) is 90.8 cm³/mol. The monoisotopic (exact) mass is 327 g/mol. The van der Waals surface area contributed by atoms with Crippen LogP contribution >= 0.6 is 0 Å². The maximum absolute atomic E-state index is 12.5. The molecule has 0 atom stereocenters. The van der Waals surface area contributed by atoms with Crippen LogP contribution < -0.4 is 4.74 Å². The number of amides is 1. The van der Waals surface area contributed by atoms with Gasteiger partial charge in [-0.25, -0.2) is 0 Å². The maximum atomic E-state index is 12.5. The summed E-state index contributed by atoms with van der Waals surface area (Å²) in [5, 5.41) is 9.06. The Bertz CT molecular complexity index is 668. The summed E-state index contributed by atoms with van der Waals surface area (Å²) < 4.78 is 5.37. The van der Waals surface area contributed by atoms with Crippen molar-refractivity contribution in [1.29, 1.82) is 0 Å². The topological polar surface area (TPSA) is 66.8 Å². The minimum atomic E-state index is -1.02. The standard InChI is InChI=1S/C19H21NO4/c1-2-24-17-10-8-15(9-11-17)12-18(21)20(14-19(22)23)13-16-6-4-3-5-7-16/h3-11H,2,12-14H2,1H3,(H,22,23). The van der Waals surface area contributed by atoms with E-state index in [1.54, 1.807) is 0 Å². The first-order valence-corrected chi connectivity index (χ1v) is 7.83. The van der Waals surface area contributed by atoms with Crippen LogP contribution in [-0.4, -0.2) is 35.0 Å². The molecule has 1 amide bonds. The lowest BCUT2D eigenvalue weighted by Gasteiger charge is -2.21. The zero-order valence-electron chi connectivity index (χ0n) is 13.6. The highest BCUT2D eigenvalue weighted by Crippen LogP contribution is 2.14. The summed E-state index contributed by atoms with van der Waals surface area (Å²) in [6, 6.07) is 16.6. The van der Waals surface area contributed by atoms with E-state index in [4.69, 9.17) is 9.84 Å². The summed E-state index contributed by atoms with van der Waals surface area (Å²) >= 11 is 0. The van der Waals surface area contributed by atoms with E-state index in [1.165, 1.54) is 4.90 Å². The summed E-state index contributed by atoms with van der Waals surface area (Å²) in [6.45, 7) is 2.46. The number of benzene rings is 2. The van der Waals surface area contributed by atoms with Crippen molar-refractivity contribution in [2.45, 2.75) is 19.9 Å². The normalized spacial score (nSPS) is 10.2. The van der Waals surface area contributed by atoms with Gasteiger partial charge in [0.05, 0.1) is 13.0 Å². The fraction of sp³-hybridized carbons (Fsp3) is 0.263. The van der Waals surface area contributed by atoms with Gasteiger partial charge in [-0.15, -0.1) is 0 Å². The SMILES string of the molecule is CCOc1ccc(CC(=O)N(CC(=O)O)Cc2ccccc2)cc1. The lowest BCUT2D eigenvalue weighted by atomic mass is 10.1. The average molecular weight is 327 g/mol. The van der Waals surface area contributed by atoms with Crippen LogP contribution in [0.3, 0.4) is 0 Å². The number of carboxylic acid groups (broad SMARTS) is 1. The summed E-state index contributed by atoms with van der Waals surface area (Å²) in [7, 11) is 0. The van der Waals surface area contributed by atoms with Crippen LogP contribution in [0.15, 0.2) is 54.6 Å². The summed E-state index contributed by atoms with van der Waals surface area (Å²) in [5.41, 5.74) is 1.73. The Balaban J connectivity index is 2.05. The molecular weight excluding hydrogens is 306 g/mol. The van der Waals surface area contributed by atoms with Gasteiger partial charge in [-0.1, -0.05) is 42.5 Å². The molecule has 0 aliphatic rings. The minimum absolute atomic E-state index is 0.159. The first-order valence-electron chi connectivity index (χ1n) is 7.83. The Morgan fingerprint density at radius 1 is 1.00 bits per heavy atom. The number of carboxylic acids is 1. The number of aliphatic carboxylic acids is 1. The molecule has 0 saturated carbocycles. The van der Waals surface area contributed by atoms with Gasteiger partial charge in [-0.3, -0.25) is 9.59 Å². The fourth-order valence-corrected chi connectivity index (χ4v) is 2.36. The van der Waals surface area contributed by atoms with Crippen molar-refractivity contribution in [3.8, 4) is 5.75 Å². The first kappa shape index (κ1) is 17.5. The molecular formula is C19H21NO4. The van der Waals surface area contributed by atoms with Gasteiger partial charge in [0, 0.05) is 6.54 Å². The fourth-order valence-electron chi connectivity index (χ4n) is 2.36. The molecule has 2 aromatic carbocycles. The van der Waals surface area contributed by atoms with Crippen LogP contribution in [-0.2, 0) is 22.6 Å². The molecule has 5 nitrogen and oxygen atoms in total. The molecule has 2 rings (SSSR count). The van der Waals surface area contributed by atoms with Gasteiger partial charge in [0.1, 0.15) is 12.3 Å². The van der Waals surface area contributed by atoms with Crippen molar-refractivity contribution >= 4 is 11.9 Å². The number of rotatable bonds is 8. The highest BCUT2D eigenvalue weighted by Gasteiger charge is 2.17. The largest absolute Gasteiger partial charge is 0.494 e. The molecule has 0 bridgehead atoms. The quantitative estimate of drug-likeness (QED) is 0.809. The summed E-state index contributed by atoms with van der Waals surface area (Å²) in [4.78, 5) is 24.9. The molecule has 0 spiro atoms. The van der Waals surface area contributed by atoms with Crippen LogP contribution in [0, 0.1) is 0 Å². The molecule has 0 heterocycles. The van der Waals surface area contributed by atoms with E-state index in [9.17, 15) is 9.59 Å². The molecule has 0 aromatic heterocycles. The zero-order chi connectivity index (χ0) is 17.4. The van der Waals surface area contributed by atoms with Crippen molar-refractivity contribution in [3.63, 3.8) is 0 Å². The van der Waals surface area contributed by atoms with E-state index >= 15 is 0 Å². The van der Waals surface area contributed by atoms with Gasteiger partial charge < -0.3 is 14.7 Å². The third-order valence-electron chi connectivity index (χ3n) is 3.48. The predicted octanol–water partition coefficient (Wildman–Crippen LogP) is 2.74. The van der Waals surface area contributed by atoms with Gasteiger partial charge in [0.25, 0.3) is 0 Å². The minimum Gasteiger partial charge on any atom is -0.494 e. The lowest BCUT2D eigenvalue weighted by molar-refractivity contribution is -0.144. The zero-order valence-corrected chi connectivity index (χ0v) is 13.6. The maximum Gasteiger partial charge on any atom is 0.323 e. The number of carbonyl (C=O) groups is 2. The molecule has 1 N–H and O–H groups in total. The Morgan fingerprint density at radius 3 is 2.25 bits per heavy atom. The Hall–Kier alpha value is -2.82. The van der Waals surface area contributed by atoms with E-state index in [0.29, 0.717) is 6.61 Å². The number of carbonyl (C=O) groups excluding carboxylic acids is 1. The highest BCUT2D eigenvalue weighted by molar-refractivity contribution is 5.83. The van der Waals surface area contributed by atoms with E-state index in [-0.39, 0.29) is 25.4 Å². The Labute approximate surface area is 141 Å². The molecule has 0 aliphatic heterocycles. The summed E-state index contributed by atoms with van der Waals surface area (Å²) in [5.74, 6) is -0.489. The Kier molecular flexibility index (Phi) is 6.37. The van der Waals surface area contributed by atoms with Crippen molar-refractivity contribution in [1.82, 2.24) is 4.90 Å². The third kappa shape index (κ3) is 5.43. The van der Waals surface area contributed by atoms with Crippen LogP contribution in [0.1, 0.15) is 18.1 Å². The van der Waals surface area contributed by atoms with Gasteiger partial charge in [-0.2, -0.15) is 0 Å². The second kappa shape index (κ2) is 8.72. The molecule has 0 fully saturated rings. The molecule has 2 aromatic rings. The molecule has 0 unspecified atom stereocenters. The summed E-state index contributed by atoms with van der Waals surface area (Å²) in [6.07, 6.45) is 0.159. The smallest absolute Gasteiger partial charge is 0.323 e. The Morgan fingerprint density at radius 2 is 1.67 bits per heavy atom. The number of hydrogen-bond donors (Lipinski definition) is 1. The molecule has 5 heteroatoms. The number of hydrogen-bond acceptors (Lipinski definition) is 3. The lowest BCUT2D eigenvalue weighted by Crippen LogP contribution is -2.36. The second-order valence-corrected chi connectivity index (χ2v) is 5.38. The van der Waals surface area contributed by atoms with Crippen LogP contribution in [0.25, 0.3) is 0 Å². The number of nitrogens with zero attached hydrogens (tertiary/aromatic N) is 1. The van der Waals surface area contributed by atoms with Gasteiger partial charge in [-0.05, 0) is 30.2 Å². The van der Waals surface area contributed by atoms with E-state index in [0.717, 1.165) is 16.9 Å². The van der Waals surface area contributed by atoms with Crippen molar-refractivity contribution in [2.24, 2.45) is 0 Å². The van der Waals surface area contributed by atoms with E-state index < -0.39 is 5.97 Å². The van der Waals surface area contributed by atoms with Gasteiger partial charge in [0.15, 0.2) is 0 Å². The molecule has 0 saturated heterocycles. The average Bonchev–Trinajstić information content (AvgIpc) is 2.57. The molecule has 24 heavy (non-hydrogen) atoms. The van der Waals surface area contributed by atoms with E-state index in [2.05, 4.69) is 0 Å². The van der Waals surface area contributed by atoms with Crippen LogP contribution in [0.5, 0.6) is 5.75 Å². The van der Waals surface area contributed by atoms with Crippen molar-refractivity contribution in [2.75, 3.05) is 13.2 Å². The van der Waals surface area contributed by atoms with Gasteiger partial charge >= 0.3 is 5.97 Å². The molecule has 0 radical (unpaired) electrons.